The molecule has 2 aliphatic rings. The molecule has 0 aliphatic carbocycles. The molecule has 0 saturated carbocycles. The highest BCUT2D eigenvalue weighted by Crippen LogP contribution is 2.35. The minimum absolute atomic E-state index is 0.0465. The molecule has 0 aromatic heterocycles. The highest BCUT2D eigenvalue weighted by molar-refractivity contribution is 9.10. The number of urea groups is 1. The molecule has 7 nitrogen and oxygen atoms in total. The lowest BCUT2D eigenvalue weighted by Gasteiger charge is -2.41. The van der Waals surface area contributed by atoms with Crippen LogP contribution in [0.25, 0.3) is 0 Å². The van der Waals surface area contributed by atoms with E-state index in [-0.39, 0.29) is 23.6 Å². The van der Waals surface area contributed by atoms with Crippen LogP contribution in [-0.4, -0.2) is 61.1 Å². The fourth-order valence-corrected chi connectivity index (χ4v) is 4.91. The molecule has 0 radical (unpaired) electrons. The number of anilines is 2. The fourth-order valence-electron chi connectivity index (χ4n) is 4.64. The van der Waals surface area contributed by atoms with Crippen LogP contribution < -0.4 is 10.6 Å². The summed E-state index contributed by atoms with van der Waals surface area (Å²) in [6.07, 6.45) is 1.21. The van der Waals surface area contributed by atoms with Gasteiger partial charge in [0.2, 0.25) is 5.91 Å². The van der Waals surface area contributed by atoms with Gasteiger partial charge in [-0.25, -0.2) is 4.79 Å². The van der Waals surface area contributed by atoms with Gasteiger partial charge in [-0.05, 0) is 74.8 Å². The van der Waals surface area contributed by atoms with Crippen molar-refractivity contribution in [2.45, 2.75) is 44.4 Å². The summed E-state index contributed by atoms with van der Waals surface area (Å²) in [5.41, 5.74) is 3.92. The third kappa shape index (κ3) is 4.93. The van der Waals surface area contributed by atoms with Gasteiger partial charge in [0.25, 0.3) is 0 Å². The smallest absolute Gasteiger partial charge is 0.322 e. The van der Waals surface area contributed by atoms with Gasteiger partial charge in [0.15, 0.2) is 0 Å². The largest absolute Gasteiger partial charge is 0.380 e. The first kappa shape index (κ1) is 23.7. The third-order valence-electron chi connectivity index (χ3n) is 6.96. The van der Waals surface area contributed by atoms with E-state index < -0.39 is 6.04 Å². The molecule has 4 rings (SSSR count). The number of likely N-dealkylation sites (tertiary alicyclic amines) is 1. The summed E-state index contributed by atoms with van der Waals surface area (Å²) in [5, 5.41) is 5.92. The number of benzene rings is 2. The molecule has 8 heteroatoms. The molecule has 176 valence electrons. The molecule has 0 spiro atoms. The topological polar surface area (TPSA) is 73.9 Å². The Kier molecular flexibility index (Phi) is 6.79. The number of carbonyl (C=O) groups excluding carboxylic acids is 2. The second-order valence-corrected chi connectivity index (χ2v) is 10.2. The number of carbonyl (C=O) groups is 2. The van der Waals surface area contributed by atoms with Crippen LogP contribution in [0.5, 0.6) is 0 Å². The number of nitrogens with zero attached hydrogens (tertiary/aromatic N) is 2. The van der Waals surface area contributed by atoms with Crippen molar-refractivity contribution in [3.8, 4) is 0 Å². The summed E-state index contributed by atoms with van der Waals surface area (Å²) in [7, 11) is 3.75. The molecule has 1 saturated heterocycles. The van der Waals surface area contributed by atoms with Crippen LogP contribution in [0.3, 0.4) is 0 Å². The van der Waals surface area contributed by atoms with Crippen LogP contribution in [0, 0.1) is 0 Å². The number of hydrogen-bond acceptors (Lipinski definition) is 4. The third-order valence-corrected chi connectivity index (χ3v) is 7.49. The van der Waals surface area contributed by atoms with Gasteiger partial charge < -0.3 is 20.3 Å². The van der Waals surface area contributed by atoms with Crippen molar-refractivity contribution < 1.29 is 14.3 Å². The lowest BCUT2D eigenvalue weighted by molar-refractivity contribution is -0.119. The average molecular weight is 515 g/mol. The number of ether oxygens (including phenoxy) is 1. The Balaban J connectivity index is 1.49. The molecule has 0 bridgehead atoms. The monoisotopic (exact) mass is 514 g/mol. The first-order chi connectivity index (χ1) is 15.7. The predicted molar refractivity (Wildman–Crippen MR) is 134 cm³/mol. The summed E-state index contributed by atoms with van der Waals surface area (Å²) in [6, 6.07) is 12.5. The number of methoxy groups -OCH3 is 1. The first-order valence-electron chi connectivity index (χ1n) is 11.2. The van der Waals surface area contributed by atoms with Crippen molar-refractivity contribution in [3.05, 3.63) is 58.1 Å². The normalized spacial score (nSPS) is 22.0. The second kappa shape index (κ2) is 9.44. The van der Waals surface area contributed by atoms with Crippen molar-refractivity contribution in [3.63, 3.8) is 0 Å². The van der Waals surface area contributed by atoms with Crippen molar-refractivity contribution in [2.75, 3.05) is 37.9 Å². The summed E-state index contributed by atoms with van der Waals surface area (Å²) >= 11 is 3.39. The lowest BCUT2D eigenvalue weighted by Crippen LogP contribution is -2.45. The van der Waals surface area contributed by atoms with Gasteiger partial charge in [-0.1, -0.05) is 22.0 Å². The van der Waals surface area contributed by atoms with E-state index in [1.165, 1.54) is 11.1 Å². The van der Waals surface area contributed by atoms with E-state index in [1.54, 1.807) is 12.0 Å². The highest BCUT2D eigenvalue weighted by atomic mass is 79.9. The van der Waals surface area contributed by atoms with Crippen LogP contribution in [0.2, 0.25) is 0 Å². The van der Waals surface area contributed by atoms with Crippen molar-refractivity contribution in [2.24, 2.45) is 0 Å². The predicted octanol–water partition coefficient (Wildman–Crippen LogP) is 4.43. The molecule has 2 heterocycles. The molecular formula is C25H31BrN4O3. The van der Waals surface area contributed by atoms with E-state index in [4.69, 9.17) is 4.74 Å². The number of fused-ring (bicyclic) bond motifs is 1. The number of rotatable bonds is 4. The van der Waals surface area contributed by atoms with Crippen LogP contribution in [-0.2, 0) is 21.5 Å². The number of likely N-dealkylation sites (N-methyl/N-ethyl adjacent to an activating group) is 1. The second-order valence-electron chi connectivity index (χ2n) is 9.29. The van der Waals surface area contributed by atoms with Crippen LogP contribution >= 0.6 is 15.9 Å². The number of amides is 3. The maximum Gasteiger partial charge on any atom is 0.322 e. The summed E-state index contributed by atoms with van der Waals surface area (Å²) in [6.45, 7) is 5.77. The highest BCUT2D eigenvalue weighted by Gasteiger charge is 2.40. The standard InChI is InChI=1S/C25H31BrN4O3/c1-25(2)21-10-9-19(13-16(21)11-12-29(25)3)27-23(31)22-14-20(33-4)15-30(22)24(32)28-18-7-5-17(26)6-8-18/h5-10,13,20,22H,11-12,14-15H2,1-4H3,(H,27,31)(H,28,32)/t20-,22-/m1/s1. The van der Waals surface area contributed by atoms with Gasteiger partial charge in [-0.3, -0.25) is 9.69 Å². The molecule has 2 aromatic carbocycles. The number of nitrogens with one attached hydrogen (secondary N) is 2. The molecular weight excluding hydrogens is 484 g/mol. The Morgan fingerprint density at radius 3 is 2.48 bits per heavy atom. The minimum Gasteiger partial charge on any atom is -0.380 e. The molecule has 1 fully saturated rings. The van der Waals surface area contributed by atoms with E-state index in [2.05, 4.69) is 64.5 Å². The Hall–Kier alpha value is -2.42. The van der Waals surface area contributed by atoms with Gasteiger partial charge in [0.1, 0.15) is 6.04 Å². The molecule has 2 N–H and O–H groups in total. The summed E-state index contributed by atoms with van der Waals surface area (Å²) in [4.78, 5) is 30.1. The van der Waals surface area contributed by atoms with Gasteiger partial charge in [0, 0.05) is 48.0 Å². The zero-order chi connectivity index (χ0) is 23.8. The minimum atomic E-state index is -0.607. The maximum atomic E-state index is 13.2. The summed E-state index contributed by atoms with van der Waals surface area (Å²) < 4.78 is 6.41. The summed E-state index contributed by atoms with van der Waals surface area (Å²) in [5.74, 6) is -0.201. The zero-order valence-electron chi connectivity index (χ0n) is 19.5. The van der Waals surface area contributed by atoms with Crippen LogP contribution in [0.4, 0.5) is 16.2 Å². The molecule has 33 heavy (non-hydrogen) atoms. The average Bonchev–Trinajstić information content (AvgIpc) is 3.23. The molecule has 2 aromatic rings. The van der Waals surface area contributed by atoms with Gasteiger partial charge in [-0.15, -0.1) is 0 Å². The van der Waals surface area contributed by atoms with E-state index >= 15 is 0 Å². The number of hydrogen-bond donors (Lipinski definition) is 2. The van der Waals surface area contributed by atoms with E-state index in [1.807, 2.05) is 30.3 Å². The Labute approximate surface area is 203 Å². The zero-order valence-corrected chi connectivity index (χ0v) is 21.1. The van der Waals surface area contributed by atoms with Crippen molar-refractivity contribution in [1.82, 2.24) is 9.80 Å². The fraction of sp³-hybridized carbons (Fsp3) is 0.440. The van der Waals surface area contributed by atoms with Gasteiger partial charge >= 0.3 is 6.03 Å². The molecule has 3 amide bonds. The first-order valence-corrected chi connectivity index (χ1v) is 12.0. The van der Waals surface area contributed by atoms with Crippen LogP contribution in [0.15, 0.2) is 46.9 Å². The Morgan fingerprint density at radius 2 is 1.79 bits per heavy atom. The van der Waals surface area contributed by atoms with Crippen LogP contribution in [0.1, 0.15) is 31.4 Å². The van der Waals surface area contributed by atoms with E-state index in [0.29, 0.717) is 18.7 Å². The van der Waals surface area contributed by atoms with Gasteiger partial charge in [0.05, 0.1) is 6.10 Å². The van der Waals surface area contributed by atoms with Crippen molar-refractivity contribution in [1.29, 1.82) is 0 Å². The van der Waals surface area contributed by atoms with Crippen molar-refractivity contribution >= 4 is 39.2 Å². The van der Waals surface area contributed by atoms with Gasteiger partial charge in [-0.2, -0.15) is 0 Å². The molecule has 0 unspecified atom stereocenters. The SMILES string of the molecule is CO[C@@H]1C[C@H](C(=O)Nc2ccc3c(c2)CCN(C)C3(C)C)N(C(=O)Nc2ccc(Br)cc2)C1. The molecule has 2 atom stereocenters. The lowest BCUT2D eigenvalue weighted by atomic mass is 9.83. The molecule has 2 aliphatic heterocycles. The Bertz CT molecular complexity index is 1040. The van der Waals surface area contributed by atoms with E-state index in [0.717, 1.165) is 23.1 Å². The number of halogens is 1. The van der Waals surface area contributed by atoms with E-state index in [9.17, 15) is 9.59 Å². The maximum absolute atomic E-state index is 13.2. The Morgan fingerprint density at radius 1 is 1.09 bits per heavy atom. The quantitative estimate of drug-likeness (QED) is 0.632.